The van der Waals surface area contributed by atoms with Crippen molar-refractivity contribution in [1.29, 1.82) is 0 Å². The summed E-state index contributed by atoms with van der Waals surface area (Å²) in [7, 11) is 0. The minimum absolute atomic E-state index is 0.296. The number of benzene rings is 1. The molecule has 1 aromatic heterocycles. The Hall–Kier alpha value is -2.89. The average molecular weight is 283 g/mol. The number of hydrogen-bond acceptors (Lipinski definition) is 5. The van der Waals surface area contributed by atoms with Crippen molar-refractivity contribution in [2.75, 3.05) is 13.2 Å². The van der Waals surface area contributed by atoms with Gasteiger partial charge in [-0.25, -0.2) is 5.43 Å². The molecule has 0 radical (unpaired) electrons. The minimum Gasteiger partial charge on any atom is -0.486 e. The lowest BCUT2D eigenvalue weighted by atomic mass is 10.2. The SMILES string of the molecule is O=C(N/N=C/c1cccc2c1OCCO2)c1ccncc1. The molecule has 0 atom stereocenters. The van der Waals surface area contributed by atoms with Crippen molar-refractivity contribution in [3.8, 4) is 11.5 Å². The van der Waals surface area contributed by atoms with Crippen LogP contribution >= 0.6 is 0 Å². The van der Waals surface area contributed by atoms with Gasteiger partial charge in [0, 0.05) is 23.5 Å². The van der Waals surface area contributed by atoms with E-state index in [2.05, 4.69) is 15.5 Å². The van der Waals surface area contributed by atoms with E-state index in [9.17, 15) is 4.79 Å². The number of carbonyl (C=O) groups is 1. The van der Waals surface area contributed by atoms with E-state index >= 15 is 0 Å². The molecule has 1 aliphatic heterocycles. The highest BCUT2D eigenvalue weighted by molar-refractivity contribution is 5.95. The van der Waals surface area contributed by atoms with Gasteiger partial charge in [-0.05, 0) is 24.3 Å². The average Bonchev–Trinajstić information content (AvgIpc) is 2.56. The maximum absolute atomic E-state index is 11.8. The summed E-state index contributed by atoms with van der Waals surface area (Å²) < 4.78 is 11.0. The highest BCUT2D eigenvalue weighted by Crippen LogP contribution is 2.32. The van der Waals surface area contributed by atoms with Gasteiger partial charge in [-0.15, -0.1) is 0 Å². The summed E-state index contributed by atoms with van der Waals surface area (Å²) in [4.78, 5) is 15.7. The molecule has 0 saturated carbocycles. The first-order valence-electron chi connectivity index (χ1n) is 6.46. The normalized spacial score (nSPS) is 13.1. The highest BCUT2D eigenvalue weighted by atomic mass is 16.6. The van der Waals surface area contributed by atoms with E-state index < -0.39 is 0 Å². The fraction of sp³-hybridized carbons (Fsp3) is 0.133. The third-order valence-corrected chi connectivity index (χ3v) is 2.91. The predicted octanol–water partition coefficient (Wildman–Crippen LogP) is 1.62. The number of para-hydroxylation sites is 1. The summed E-state index contributed by atoms with van der Waals surface area (Å²) in [5.41, 5.74) is 3.71. The molecule has 1 aromatic carbocycles. The molecule has 0 spiro atoms. The molecule has 2 aromatic rings. The Labute approximate surface area is 121 Å². The largest absolute Gasteiger partial charge is 0.486 e. The molecule has 0 aliphatic carbocycles. The monoisotopic (exact) mass is 283 g/mol. The molecule has 6 heteroatoms. The molecule has 1 amide bonds. The molecule has 3 rings (SSSR count). The van der Waals surface area contributed by atoms with Crippen molar-refractivity contribution < 1.29 is 14.3 Å². The first kappa shape index (κ1) is 13.1. The molecule has 0 saturated heterocycles. The van der Waals surface area contributed by atoms with Gasteiger partial charge in [-0.3, -0.25) is 9.78 Å². The van der Waals surface area contributed by atoms with Gasteiger partial charge in [-0.1, -0.05) is 6.07 Å². The molecule has 6 nitrogen and oxygen atoms in total. The van der Waals surface area contributed by atoms with Crippen LogP contribution in [0, 0.1) is 0 Å². The van der Waals surface area contributed by atoms with Crippen LogP contribution in [0.3, 0.4) is 0 Å². The van der Waals surface area contributed by atoms with Crippen LogP contribution in [0.25, 0.3) is 0 Å². The second-order valence-corrected chi connectivity index (χ2v) is 4.31. The fourth-order valence-electron chi connectivity index (χ4n) is 1.93. The Kier molecular flexibility index (Phi) is 3.77. The van der Waals surface area contributed by atoms with Crippen molar-refractivity contribution in [2.45, 2.75) is 0 Å². The van der Waals surface area contributed by atoms with E-state index in [0.717, 1.165) is 5.56 Å². The van der Waals surface area contributed by atoms with Crippen LogP contribution in [0.4, 0.5) is 0 Å². The molecular formula is C15H13N3O3. The maximum Gasteiger partial charge on any atom is 0.271 e. The zero-order valence-corrected chi connectivity index (χ0v) is 11.2. The number of nitrogens with one attached hydrogen (secondary N) is 1. The van der Waals surface area contributed by atoms with E-state index in [4.69, 9.17) is 9.47 Å². The van der Waals surface area contributed by atoms with Crippen molar-refractivity contribution >= 4 is 12.1 Å². The van der Waals surface area contributed by atoms with Gasteiger partial charge in [-0.2, -0.15) is 5.10 Å². The predicted molar refractivity (Wildman–Crippen MR) is 76.7 cm³/mol. The standard InChI is InChI=1S/C15H13N3O3/c19-15(11-4-6-16-7-5-11)18-17-10-12-2-1-3-13-14(12)21-9-8-20-13/h1-7,10H,8-9H2,(H,18,19)/b17-10+. The summed E-state index contributed by atoms with van der Waals surface area (Å²) in [6.45, 7) is 1.04. The number of hydrazone groups is 1. The third-order valence-electron chi connectivity index (χ3n) is 2.91. The molecule has 106 valence electrons. The number of aromatic nitrogens is 1. The van der Waals surface area contributed by atoms with Gasteiger partial charge in [0.1, 0.15) is 13.2 Å². The van der Waals surface area contributed by atoms with Crippen molar-refractivity contribution in [2.24, 2.45) is 5.10 Å². The maximum atomic E-state index is 11.8. The van der Waals surface area contributed by atoms with Crippen LogP contribution in [-0.2, 0) is 0 Å². The first-order chi connectivity index (χ1) is 10.3. The molecule has 0 unspecified atom stereocenters. The summed E-state index contributed by atoms with van der Waals surface area (Å²) >= 11 is 0. The van der Waals surface area contributed by atoms with Gasteiger partial charge in [0.2, 0.25) is 0 Å². The van der Waals surface area contributed by atoms with Gasteiger partial charge < -0.3 is 9.47 Å². The van der Waals surface area contributed by atoms with Crippen LogP contribution in [0.15, 0.2) is 47.8 Å². The van der Waals surface area contributed by atoms with Gasteiger partial charge >= 0.3 is 0 Å². The number of fused-ring (bicyclic) bond motifs is 1. The molecule has 2 heterocycles. The number of rotatable bonds is 3. The summed E-state index contributed by atoms with van der Waals surface area (Å²) in [5, 5.41) is 3.95. The second-order valence-electron chi connectivity index (χ2n) is 4.31. The quantitative estimate of drug-likeness (QED) is 0.686. The number of ether oxygens (including phenoxy) is 2. The second kappa shape index (κ2) is 6.04. The Bertz CT molecular complexity index is 671. The summed E-state index contributed by atoms with van der Waals surface area (Å²) in [5.74, 6) is 1.03. The first-order valence-corrected chi connectivity index (χ1v) is 6.46. The Morgan fingerprint density at radius 1 is 1.19 bits per heavy atom. The summed E-state index contributed by atoms with van der Waals surface area (Å²) in [6.07, 6.45) is 4.64. The number of amides is 1. The number of nitrogens with zero attached hydrogens (tertiary/aromatic N) is 2. The zero-order valence-electron chi connectivity index (χ0n) is 11.2. The number of carbonyl (C=O) groups excluding carboxylic acids is 1. The minimum atomic E-state index is -0.296. The topological polar surface area (TPSA) is 72.8 Å². The lowest BCUT2D eigenvalue weighted by Gasteiger charge is -2.19. The molecular weight excluding hydrogens is 270 g/mol. The van der Waals surface area contributed by atoms with E-state index in [1.807, 2.05) is 18.2 Å². The Morgan fingerprint density at radius 3 is 2.86 bits per heavy atom. The van der Waals surface area contributed by atoms with Crippen LogP contribution < -0.4 is 14.9 Å². The van der Waals surface area contributed by atoms with Gasteiger partial charge in [0.05, 0.1) is 6.21 Å². The molecule has 0 fully saturated rings. The highest BCUT2D eigenvalue weighted by Gasteiger charge is 2.14. The van der Waals surface area contributed by atoms with E-state index in [1.54, 1.807) is 24.5 Å². The molecule has 1 N–H and O–H groups in total. The molecule has 1 aliphatic rings. The fourth-order valence-corrected chi connectivity index (χ4v) is 1.93. The number of pyridine rings is 1. The smallest absolute Gasteiger partial charge is 0.271 e. The van der Waals surface area contributed by atoms with Crippen LogP contribution in [0.1, 0.15) is 15.9 Å². The zero-order chi connectivity index (χ0) is 14.5. The Morgan fingerprint density at radius 2 is 2.00 bits per heavy atom. The number of hydrogen-bond donors (Lipinski definition) is 1. The van der Waals surface area contributed by atoms with Crippen LogP contribution in [-0.4, -0.2) is 30.3 Å². The lowest BCUT2D eigenvalue weighted by Crippen LogP contribution is -2.18. The van der Waals surface area contributed by atoms with Gasteiger partial charge in [0.25, 0.3) is 5.91 Å². The van der Waals surface area contributed by atoms with E-state index in [0.29, 0.717) is 30.3 Å². The lowest BCUT2D eigenvalue weighted by molar-refractivity contribution is 0.0955. The third kappa shape index (κ3) is 3.00. The van der Waals surface area contributed by atoms with Crippen LogP contribution in [0.2, 0.25) is 0 Å². The van der Waals surface area contributed by atoms with E-state index in [-0.39, 0.29) is 5.91 Å². The van der Waals surface area contributed by atoms with Crippen molar-refractivity contribution in [3.05, 3.63) is 53.9 Å². The Balaban J connectivity index is 1.71. The molecule has 21 heavy (non-hydrogen) atoms. The van der Waals surface area contributed by atoms with Crippen molar-refractivity contribution in [3.63, 3.8) is 0 Å². The molecule has 0 bridgehead atoms. The van der Waals surface area contributed by atoms with Crippen LogP contribution in [0.5, 0.6) is 11.5 Å². The summed E-state index contributed by atoms with van der Waals surface area (Å²) in [6, 6.07) is 8.76. The van der Waals surface area contributed by atoms with E-state index in [1.165, 1.54) is 6.21 Å². The van der Waals surface area contributed by atoms with Gasteiger partial charge in [0.15, 0.2) is 11.5 Å². The van der Waals surface area contributed by atoms with Crippen molar-refractivity contribution in [1.82, 2.24) is 10.4 Å².